The van der Waals surface area contributed by atoms with Gasteiger partial charge in [0.15, 0.2) is 12.0 Å². The van der Waals surface area contributed by atoms with Crippen molar-refractivity contribution in [1.29, 1.82) is 0 Å². The van der Waals surface area contributed by atoms with Gasteiger partial charge in [-0.3, -0.25) is 0 Å². The maximum absolute atomic E-state index is 13.6. The van der Waals surface area contributed by atoms with Crippen molar-refractivity contribution in [3.63, 3.8) is 0 Å². The molecule has 26 heavy (non-hydrogen) atoms. The number of hydrogen-bond acceptors (Lipinski definition) is 9. The molecule has 1 aromatic carbocycles. The topological polar surface area (TPSA) is 122 Å². The maximum Gasteiger partial charge on any atom is 0.240 e. The standard InChI is InChI=1S/C16H17FN4O5/c17-8-2-1-3-9(4-8)20-7-21(14-11(20)15(25)19-6-18-14)16-13(24)12(23)10(5-22)26-16/h1-4,6,10,12-13,16,22-24H,5,7H2,(H,18,19,25)/t10-,12-,13-,16-/m1/s1. The van der Waals surface area contributed by atoms with Crippen molar-refractivity contribution >= 4 is 17.2 Å². The molecule has 2 aromatic rings. The lowest BCUT2D eigenvalue weighted by Crippen LogP contribution is -2.45. The first-order valence-electron chi connectivity index (χ1n) is 7.97. The third kappa shape index (κ3) is 2.54. The van der Waals surface area contributed by atoms with Crippen molar-refractivity contribution in [2.45, 2.75) is 24.5 Å². The van der Waals surface area contributed by atoms with Crippen LogP contribution < -0.4 is 9.80 Å². The van der Waals surface area contributed by atoms with Crippen LogP contribution in [0, 0.1) is 5.82 Å². The van der Waals surface area contributed by atoms with Gasteiger partial charge in [0.1, 0.15) is 36.1 Å². The number of rotatable bonds is 3. The van der Waals surface area contributed by atoms with Crippen LogP contribution in [0.4, 0.5) is 21.6 Å². The van der Waals surface area contributed by atoms with E-state index in [4.69, 9.17) is 4.74 Å². The van der Waals surface area contributed by atoms with Crippen LogP contribution in [-0.4, -0.2) is 68.2 Å². The second-order valence-electron chi connectivity index (χ2n) is 6.12. The summed E-state index contributed by atoms with van der Waals surface area (Å²) >= 11 is 0. The maximum atomic E-state index is 13.6. The fourth-order valence-corrected chi connectivity index (χ4v) is 3.30. The number of hydrogen-bond donors (Lipinski definition) is 4. The van der Waals surface area contributed by atoms with E-state index in [-0.39, 0.29) is 24.1 Å². The van der Waals surface area contributed by atoms with E-state index in [0.29, 0.717) is 5.69 Å². The van der Waals surface area contributed by atoms with Gasteiger partial charge in [-0.05, 0) is 18.2 Å². The van der Waals surface area contributed by atoms with Gasteiger partial charge in [0.05, 0.1) is 13.3 Å². The van der Waals surface area contributed by atoms with Crippen LogP contribution in [0.1, 0.15) is 0 Å². The predicted octanol–water partition coefficient (Wildman–Crippen LogP) is -0.324. The molecule has 0 amide bonds. The van der Waals surface area contributed by atoms with E-state index in [1.54, 1.807) is 11.0 Å². The number of nitrogens with zero attached hydrogens (tertiary/aromatic N) is 4. The van der Waals surface area contributed by atoms with E-state index in [9.17, 15) is 24.8 Å². The lowest BCUT2D eigenvalue weighted by Gasteiger charge is -2.28. The number of aromatic nitrogens is 2. The highest BCUT2D eigenvalue weighted by molar-refractivity contribution is 5.83. The molecular weight excluding hydrogens is 347 g/mol. The molecule has 1 aromatic heterocycles. The number of anilines is 3. The number of ether oxygens (including phenoxy) is 1. The van der Waals surface area contributed by atoms with Crippen LogP contribution in [0.5, 0.6) is 5.88 Å². The molecule has 1 fully saturated rings. The highest BCUT2D eigenvalue weighted by Gasteiger charge is 2.48. The summed E-state index contributed by atoms with van der Waals surface area (Å²) in [6, 6.07) is 5.77. The summed E-state index contributed by atoms with van der Waals surface area (Å²) in [5.41, 5.74) is 0.682. The van der Waals surface area contributed by atoms with Crippen LogP contribution >= 0.6 is 0 Å². The van der Waals surface area contributed by atoms with Crippen LogP contribution in [0.2, 0.25) is 0 Å². The van der Waals surface area contributed by atoms with Gasteiger partial charge in [-0.25, -0.2) is 9.37 Å². The summed E-state index contributed by atoms with van der Waals surface area (Å²) < 4.78 is 19.2. The van der Waals surface area contributed by atoms with E-state index in [1.807, 2.05) is 0 Å². The molecule has 3 heterocycles. The molecule has 1 saturated heterocycles. The lowest BCUT2D eigenvalue weighted by molar-refractivity contribution is -0.0221. The molecule has 4 rings (SSSR count). The molecule has 10 heteroatoms. The van der Waals surface area contributed by atoms with E-state index >= 15 is 0 Å². The average Bonchev–Trinajstić information content (AvgIpc) is 3.15. The zero-order valence-corrected chi connectivity index (χ0v) is 13.5. The molecule has 0 bridgehead atoms. The third-order valence-corrected chi connectivity index (χ3v) is 4.56. The first-order chi connectivity index (χ1) is 12.5. The van der Waals surface area contributed by atoms with Gasteiger partial charge >= 0.3 is 0 Å². The smallest absolute Gasteiger partial charge is 0.240 e. The molecule has 4 atom stereocenters. The predicted molar refractivity (Wildman–Crippen MR) is 87.3 cm³/mol. The van der Waals surface area contributed by atoms with Gasteiger partial charge in [0.2, 0.25) is 5.88 Å². The summed E-state index contributed by atoms with van der Waals surface area (Å²) in [6.07, 6.45) is -3.38. The van der Waals surface area contributed by atoms with E-state index in [1.165, 1.54) is 23.1 Å². The summed E-state index contributed by atoms with van der Waals surface area (Å²) in [6.45, 7) is -0.393. The summed E-state index contributed by atoms with van der Waals surface area (Å²) in [5, 5.41) is 39.8. The number of benzene rings is 1. The lowest BCUT2D eigenvalue weighted by atomic mass is 10.1. The van der Waals surface area contributed by atoms with Crippen molar-refractivity contribution in [2.75, 3.05) is 23.1 Å². The number of aromatic hydroxyl groups is 1. The molecule has 0 aliphatic carbocycles. The minimum Gasteiger partial charge on any atom is -0.492 e. The number of halogens is 1. The van der Waals surface area contributed by atoms with Gasteiger partial charge in [0.25, 0.3) is 0 Å². The molecule has 4 N–H and O–H groups in total. The molecule has 138 valence electrons. The van der Waals surface area contributed by atoms with Crippen LogP contribution in [0.25, 0.3) is 0 Å². The summed E-state index contributed by atoms with van der Waals surface area (Å²) in [7, 11) is 0. The summed E-state index contributed by atoms with van der Waals surface area (Å²) in [4.78, 5) is 11.0. The van der Waals surface area contributed by atoms with E-state index < -0.39 is 37.0 Å². The Hall–Kier alpha value is -2.53. The van der Waals surface area contributed by atoms with Crippen molar-refractivity contribution < 1.29 is 29.6 Å². The molecule has 2 aliphatic rings. The van der Waals surface area contributed by atoms with Crippen molar-refractivity contribution in [3.8, 4) is 5.88 Å². The van der Waals surface area contributed by atoms with E-state index in [2.05, 4.69) is 9.97 Å². The monoisotopic (exact) mass is 364 g/mol. The van der Waals surface area contributed by atoms with Gasteiger partial charge in [-0.1, -0.05) is 6.07 Å². The molecule has 0 unspecified atom stereocenters. The average molecular weight is 364 g/mol. The van der Waals surface area contributed by atoms with Gasteiger partial charge in [0, 0.05) is 5.69 Å². The molecule has 0 spiro atoms. The van der Waals surface area contributed by atoms with Gasteiger partial charge < -0.3 is 35.0 Å². The number of fused-ring (bicyclic) bond motifs is 1. The summed E-state index contributed by atoms with van der Waals surface area (Å²) in [5.74, 6) is -0.503. The Balaban J connectivity index is 1.74. The Kier molecular flexibility index (Phi) is 4.11. The minimum atomic E-state index is -1.30. The minimum absolute atomic E-state index is 0.0671. The normalized spacial score (nSPS) is 27.8. The van der Waals surface area contributed by atoms with Crippen LogP contribution in [-0.2, 0) is 4.74 Å². The second kappa shape index (κ2) is 6.32. The fourth-order valence-electron chi connectivity index (χ4n) is 3.30. The molecule has 2 aliphatic heterocycles. The van der Waals surface area contributed by atoms with Crippen molar-refractivity contribution in [3.05, 3.63) is 36.4 Å². The largest absolute Gasteiger partial charge is 0.492 e. The SMILES string of the molecule is OC[C@H]1O[C@@H](N2CN(c3cccc(F)c3)c3c(O)ncnc32)[C@H](O)[C@@H]1O. The fraction of sp³-hybridized carbons (Fsp3) is 0.375. The zero-order chi connectivity index (χ0) is 18.4. The van der Waals surface area contributed by atoms with Crippen molar-refractivity contribution in [1.82, 2.24) is 9.97 Å². The van der Waals surface area contributed by atoms with E-state index in [0.717, 1.165) is 6.33 Å². The second-order valence-corrected chi connectivity index (χ2v) is 6.12. The molecular formula is C16H17FN4O5. The Morgan fingerprint density at radius 3 is 2.73 bits per heavy atom. The zero-order valence-electron chi connectivity index (χ0n) is 13.5. The highest BCUT2D eigenvalue weighted by Crippen LogP contribution is 2.45. The first-order valence-corrected chi connectivity index (χ1v) is 7.97. The Morgan fingerprint density at radius 2 is 2.04 bits per heavy atom. The molecule has 0 radical (unpaired) electrons. The molecule has 9 nitrogen and oxygen atoms in total. The number of aliphatic hydroxyl groups is 3. The van der Waals surface area contributed by atoms with Crippen LogP contribution in [0.3, 0.4) is 0 Å². The third-order valence-electron chi connectivity index (χ3n) is 4.56. The highest BCUT2D eigenvalue weighted by atomic mass is 19.1. The number of aliphatic hydroxyl groups excluding tert-OH is 3. The Labute approximate surface area is 147 Å². The van der Waals surface area contributed by atoms with Gasteiger partial charge in [-0.2, -0.15) is 4.98 Å². The van der Waals surface area contributed by atoms with Crippen LogP contribution in [0.15, 0.2) is 30.6 Å². The Morgan fingerprint density at radius 1 is 1.23 bits per heavy atom. The van der Waals surface area contributed by atoms with Gasteiger partial charge in [-0.15, -0.1) is 0 Å². The van der Waals surface area contributed by atoms with Crippen molar-refractivity contribution in [2.24, 2.45) is 0 Å². The first kappa shape index (κ1) is 16.9. The Bertz CT molecular complexity index is 825. The molecule has 0 saturated carbocycles. The quantitative estimate of drug-likeness (QED) is 0.580.